The summed E-state index contributed by atoms with van der Waals surface area (Å²) in [5.41, 5.74) is 1.17. The summed E-state index contributed by atoms with van der Waals surface area (Å²) < 4.78 is 1.63. The van der Waals surface area contributed by atoms with E-state index in [1.165, 1.54) is 23.5 Å². The molecule has 0 spiro atoms. The SMILES string of the molecule is Cc1csc2nc(NC(=O)CNC(=O)c3ccc(Cl)cc3Cl)nn12. The smallest absolute Gasteiger partial charge is 0.253 e. The standard InChI is InChI=1S/C14H11Cl2N5O2S/c1-7-6-24-14-19-13(20-21(7)14)18-11(22)5-17-12(23)9-3-2-8(15)4-10(9)16/h2-4,6H,5H2,1H3,(H,17,23)(H,18,20,22). The summed E-state index contributed by atoms with van der Waals surface area (Å²) in [4.78, 5) is 28.8. The second kappa shape index (κ2) is 6.76. The van der Waals surface area contributed by atoms with Gasteiger partial charge in [0.25, 0.3) is 5.91 Å². The van der Waals surface area contributed by atoms with E-state index in [2.05, 4.69) is 20.7 Å². The van der Waals surface area contributed by atoms with E-state index in [1.807, 2.05) is 12.3 Å². The van der Waals surface area contributed by atoms with Crippen LogP contribution < -0.4 is 10.6 Å². The van der Waals surface area contributed by atoms with Crippen molar-refractivity contribution in [3.8, 4) is 0 Å². The molecule has 0 saturated heterocycles. The zero-order valence-corrected chi connectivity index (χ0v) is 14.7. The molecule has 0 radical (unpaired) electrons. The van der Waals surface area contributed by atoms with E-state index in [4.69, 9.17) is 23.2 Å². The van der Waals surface area contributed by atoms with E-state index in [-0.39, 0.29) is 23.1 Å². The van der Waals surface area contributed by atoms with Crippen molar-refractivity contribution in [2.75, 3.05) is 11.9 Å². The first kappa shape index (κ1) is 16.7. The number of hydrogen-bond acceptors (Lipinski definition) is 5. The van der Waals surface area contributed by atoms with Gasteiger partial charge in [0.2, 0.25) is 16.8 Å². The van der Waals surface area contributed by atoms with Gasteiger partial charge in [-0.25, -0.2) is 4.52 Å². The Hall–Kier alpha value is -2.16. The number of aryl methyl sites for hydroxylation is 1. The van der Waals surface area contributed by atoms with Crippen molar-refractivity contribution in [3.63, 3.8) is 0 Å². The van der Waals surface area contributed by atoms with Crippen LogP contribution in [0, 0.1) is 6.92 Å². The second-order valence-electron chi connectivity index (χ2n) is 4.86. The van der Waals surface area contributed by atoms with E-state index in [1.54, 1.807) is 10.6 Å². The molecule has 2 heterocycles. The molecule has 7 nitrogen and oxygen atoms in total. The number of carbonyl (C=O) groups is 2. The lowest BCUT2D eigenvalue weighted by molar-refractivity contribution is -0.115. The molecule has 0 aliphatic heterocycles. The number of amides is 2. The number of nitrogens with zero attached hydrogens (tertiary/aromatic N) is 3. The van der Waals surface area contributed by atoms with Crippen LogP contribution in [0.4, 0.5) is 5.95 Å². The van der Waals surface area contributed by atoms with Crippen LogP contribution in [0.3, 0.4) is 0 Å². The minimum atomic E-state index is -0.471. The summed E-state index contributed by atoms with van der Waals surface area (Å²) in [6.07, 6.45) is 0. The number of fused-ring (bicyclic) bond motifs is 1. The maximum absolute atomic E-state index is 12.0. The topological polar surface area (TPSA) is 88.4 Å². The van der Waals surface area contributed by atoms with Crippen molar-refractivity contribution in [2.45, 2.75) is 6.92 Å². The highest BCUT2D eigenvalue weighted by Gasteiger charge is 2.14. The maximum atomic E-state index is 12.0. The highest BCUT2D eigenvalue weighted by molar-refractivity contribution is 7.15. The predicted molar refractivity (Wildman–Crippen MR) is 93.0 cm³/mol. The minimum absolute atomic E-state index is 0.189. The van der Waals surface area contributed by atoms with Crippen LogP contribution in [-0.4, -0.2) is 33.0 Å². The van der Waals surface area contributed by atoms with Gasteiger partial charge >= 0.3 is 0 Å². The Morgan fingerprint density at radius 1 is 1.33 bits per heavy atom. The molecule has 24 heavy (non-hydrogen) atoms. The van der Waals surface area contributed by atoms with Gasteiger partial charge in [-0.3, -0.25) is 14.9 Å². The molecule has 0 atom stereocenters. The van der Waals surface area contributed by atoms with E-state index < -0.39 is 11.8 Å². The van der Waals surface area contributed by atoms with Crippen LogP contribution in [-0.2, 0) is 4.79 Å². The number of anilines is 1. The Morgan fingerprint density at radius 2 is 2.12 bits per heavy atom. The number of thiazole rings is 1. The van der Waals surface area contributed by atoms with Crippen molar-refractivity contribution in [3.05, 3.63) is 44.9 Å². The van der Waals surface area contributed by atoms with Crippen LogP contribution in [0.25, 0.3) is 4.96 Å². The van der Waals surface area contributed by atoms with Crippen LogP contribution in [0.5, 0.6) is 0 Å². The molecular weight excluding hydrogens is 373 g/mol. The van der Waals surface area contributed by atoms with Crippen LogP contribution in [0.15, 0.2) is 23.6 Å². The van der Waals surface area contributed by atoms with Gasteiger partial charge in [0.1, 0.15) is 0 Å². The molecule has 1 aromatic carbocycles. The monoisotopic (exact) mass is 383 g/mol. The summed E-state index contributed by atoms with van der Waals surface area (Å²) in [7, 11) is 0. The first-order chi connectivity index (χ1) is 11.4. The van der Waals surface area contributed by atoms with Crippen LogP contribution in [0.1, 0.15) is 16.1 Å². The quantitative estimate of drug-likeness (QED) is 0.724. The normalized spacial score (nSPS) is 10.8. The van der Waals surface area contributed by atoms with E-state index in [0.717, 1.165) is 5.69 Å². The number of aromatic nitrogens is 3. The fourth-order valence-corrected chi connectivity index (χ4v) is 3.24. The van der Waals surface area contributed by atoms with Gasteiger partial charge in [0.15, 0.2) is 0 Å². The molecule has 2 aromatic heterocycles. The van der Waals surface area contributed by atoms with Gasteiger partial charge < -0.3 is 5.32 Å². The first-order valence-electron chi connectivity index (χ1n) is 6.78. The number of halogens is 2. The van der Waals surface area contributed by atoms with E-state index >= 15 is 0 Å². The first-order valence-corrected chi connectivity index (χ1v) is 8.41. The van der Waals surface area contributed by atoms with Gasteiger partial charge in [-0.15, -0.1) is 16.4 Å². The molecule has 0 bridgehead atoms. The molecule has 10 heteroatoms. The lowest BCUT2D eigenvalue weighted by atomic mass is 10.2. The summed E-state index contributed by atoms with van der Waals surface area (Å²) in [6, 6.07) is 4.50. The lowest BCUT2D eigenvalue weighted by Crippen LogP contribution is -2.33. The number of carbonyl (C=O) groups excluding carboxylic acids is 2. The molecule has 3 rings (SSSR count). The number of benzene rings is 1. The third-order valence-electron chi connectivity index (χ3n) is 3.08. The molecule has 0 saturated carbocycles. The molecule has 3 aromatic rings. The predicted octanol–water partition coefficient (Wildman–Crippen LogP) is 2.77. The lowest BCUT2D eigenvalue weighted by Gasteiger charge is -2.06. The van der Waals surface area contributed by atoms with Gasteiger partial charge in [-0.2, -0.15) is 4.98 Å². The molecule has 0 aliphatic carbocycles. The van der Waals surface area contributed by atoms with Crippen molar-refractivity contribution < 1.29 is 9.59 Å². The highest BCUT2D eigenvalue weighted by Crippen LogP contribution is 2.20. The summed E-state index contributed by atoms with van der Waals surface area (Å²) in [5, 5.41) is 11.7. The summed E-state index contributed by atoms with van der Waals surface area (Å²) >= 11 is 13.2. The Morgan fingerprint density at radius 3 is 2.83 bits per heavy atom. The van der Waals surface area contributed by atoms with Crippen molar-refractivity contribution in [2.24, 2.45) is 0 Å². The Kier molecular flexibility index (Phi) is 4.70. The van der Waals surface area contributed by atoms with Crippen molar-refractivity contribution >= 4 is 57.3 Å². The summed E-state index contributed by atoms with van der Waals surface area (Å²) in [5.74, 6) is -0.723. The molecule has 0 aliphatic rings. The minimum Gasteiger partial charge on any atom is -0.343 e. The van der Waals surface area contributed by atoms with Crippen LogP contribution in [0.2, 0.25) is 10.0 Å². The van der Waals surface area contributed by atoms with Crippen molar-refractivity contribution in [1.82, 2.24) is 19.9 Å². The van der Waals surface area contributed by atoms with Crippen molar-refractivity contribution in [1.29, 1.82) is 0 Å². The zero-order valence-electron chi connectivity index (χ0n) is 12.3. The average Bonchev–Trinajstić information content (AvgIpc) is 3.07. The average molecular weight is 384 g/mol. The number of rotatable bonds is 4. The zero-order chi connectivity index (χ0) is 17.3. The largest absolute Gasteiger partial charge is 0.343 e. The van der Waals surface area contributed by atoms with E-state index in [9.17, 15) is 9.59 Å². The molecule has 0 unspecified atom stereocenters. The third kappa shape index (κ3) is 3.50. The Labute approximate surface area is 150 Å². The van der Waals surface area contributed by atoms with Gasteiger partial charge in [-0.05, 0) is 25.1 Å². The third-order valence-corrected chi connectivity index (χ3v) is 4.56. The molecular formula is C14H11Cl2N5O2S. The Balaban J connectivity index is 1.59. The maximum Gasteiger partial charge on any atom is 0.253 e. The van der Waals surface area contributed by atoms with Gasteiger partial charge in [-0.1, -0.05) is 23.2 Å². The summed E-state index contributed by atoms with van der Waals surface area (Å²) in [6.45, 7) is 1.66. The fourth-order valence-electron chi connectivity index (χ4n) is 1.94. The molecule has 0 fully saturated rings. The molecule has 124 valence electrons. The number of nitrogens with one attached hydrogen (secondary N) is 2. The molecule has 2 N–H and O–H groups in total. The van der Waals surface area contributed by atoms with Crippen LogP contribution >= 0.6 is 34.5 Å². The second-order valence-corrected chi connectivity index (χ2v) is 6.54. The van der Waals surface area contributed by atoms with Gasteiger partial charge in [0.05, 0.1) is 22.8 Å². The highest BCUT2D eigenvalue weighted by atomic mass is 35.5. The molecule has 2 amide bonds. The Bertz CT molecular complexity index is 937. The fraction of sp³-hybridized carbons (Fsp3) is 0.143. The van der Waals surface area contributed by atoms with Gasteiger partial charge in [0, 0.05) is 10.4 Å². The van der Waals surface area contributed by atoms with E-state index in [0.29, 0.717) is 9.98 Å². The number of hydrogen-bond donors (Lipinski definition) is 2.